The number of nitrogens with zero attached hydrogens (tertiary/aromatic N) is 2. The number of imide groups is 1. The Kier molecular flexibility index (Phi) is 3.87. The van der Waals surface area contributed by atoms with Gasteiger partial charge in [-0.1, -0.05) is 0 Å². The number of hydrogen-bond acceptors (Lipinski definition) is 4. The highest BCUT2D eigenvalue weighted by molar-refractivity contribution is 6.22. The summed E-state index contributed by atoms with van der Waals surface area (Å²) in [4.78, 5) is 40.7. The highest BCUT2D eigenvalue weighted by Gasteiger charge is 2.36. The van der Waals surface area contributed by atoms with E-state index >= 15 is 0 Å². The van der Waals surface area contributed by atoms with E-state index in [4.69, 9.17) is 4.42 Å². The number of rotatable bonds is 3. The molecule has 6 nitrogen and oxygen atoms in total. The van der Waals surface area contributed by atoms with Crippen LogP contribution in [0.2, 0.25) is 0 Å². The molecule has 0 radical (unpaired) electrons. The van der Waals surface area contributed by atoms with Crippen molar-refractivity contribution in [2.45, 2.75) is 25.8 Å². The van der Waals surface area contributed by atoms with E-state index in [2.05, 4.69) is 0 Å². The van der Waals surface area contributed by atoms with Crippen LogP contribution in [0.4, 0.5) is 0 Å². The number of furan rings is 1. The fourth-order valence-electron chi connectivity index (χ4n) is 3.41. The van der Waals surface area contributed by atoms with E-state index in [1.165, 1.54) is 6.26 Å². The lowest BCUT2D eigenvalue weighted by Crippen LogP contribution is -2.35. The molecular weight excluding hydrogens is 320 g/mol. The first-order valence-corrected chi connectivity index (χ1v) is 8.47. The molecule has 1 fully saturated rings. The van der Waals surface area contributed by atoms with Gasteiger partial charge in [-0.2, -0.15) is 0 Å². The van der Waals surface area contributed by atoms with Gasteiger partial charge in [0.15, 0.2) is 0 Å². The van der Waals surface area contributed by atoms with E-state index in [1.54, 1.807) is 30.3 Å². The molecule has 0 bridgehead atoms. The van der Waals surface area contributed by atoms with Crippen LogP contribution >= 0.6 is 0 Å². The molecule has 6 heteroatoms. The lowest BCUT2D eigenvalue weighted by atomic mass is 10.0. The van der Waals surface area contributed by atoms with Gasteiger partial charge in [0.2, 0.25) is 0 Å². The Labute approximate surface area is 145 Å². The number of piperidine rings is 1. The minimum atomic E-state index is -0.385. The third-order valence-corrected chi connectivity index (χ3v) is 4.75. The Morgan fingerprint density at radius 3 is 2.48 bits per heavy atom. The predicted molar refractivity (Wildman–Crippen MR) is 89.1 cm³/mol. The van der Waals surface area contributed by atoms with Gasteiger partial charge < -0.3 is 9.32 Å². The summed E-state index contributed by atoms with van der Waals surface area (Å²) >= 11 is 0. The van der Waals surface area contributed by atoms with E-state index in [9.17, 15) is 14.4 Å². The fraction of sp³-hybridized carbons (Fsp3) is 0.316. The van der Waals surface area contributed by atoms with Crippen LogP contribution in [0.15, 0.2) is 41.0 Å². The van der Waals surface area contributed by atoms with Crippen LogP contribution in [-0.4, -0.2) is 40.6 Å². The number of hydrogen-bond donors (Lipinski definition) is 0. The summed E-state index contributed by atoms with van der Waals surface area (Å²) in [6.07, 6.45) is 4.65. The number of carbonyl (C=O) groups excluding carboxylic acids is 3. The van der Waals surface area contributed by atoms with Crippen LogP contribution in [-0.2, 0) is 6.54 Å². The van der Waals surface area contributed by atoms with Crippen molar-refractivity contribution >= 4 is 17.7 Å². The predicted octanol–water partition coefficient (Wildman–Crippen LogP) is 2.70. The molecule has 0 saturated carbocycles. The van der Waals surface area contributed by atoms with Crippen LogP contribution in [0.25, 0.3) is 0 Å². The van der Waals surface area contributed by atoms with Crippen LogP contribution < -0.4 is 0 Å². The Bertz CT molecular complexity index is 835. The molecule has 3 amide bonds. The van der Waals surface area contributed by atoms with Gasteiger partial charge in [-0.25, -0.2) is 0 Å². The minimum absolute atomic E-state index is 0.0766. The van der Waals surface area contributed by atoms with Gasteiger partial charge in [0, 0.05) is 18.7 Å². The first-order valence-electron chi connectivity index (χ1n) is 8.47. The van der Waals surface area contributed by atoms with Crippen molar-refractivity contribution in [3.05, 3.63) is 59.0 Å². The van der Waals surface area contributed by atoms with Gasteiger partial charge in [0.1, 0.15) is 5.76 Å². The molecule has 2 aliphatic rings. The Morgan fingerprint density at radius 1 is 1.00 bits per heavy atom. The highest BCUT2D eigenvalue weighted by atomic mass is 16.3. The summed E-state index contributed by atoms with van der Waals surface area (Å²) in [6, 6.07) is 8.19. The summed E-state index contributed by atoms with van der Waals surface area (Å²) in [5.41, 5.74) is 1.09. The quantitative estimate of drug-likeness (QED) is 0.807. The zero-order valence-corrected chi connectivity index (χ0v) is 13.7. The van der Waals surface area contributed by atoms with Crippen molar-refractivity contribution in [2.75, 3.05) is 13.1 Å². The summed E-state index contributed by atoms with van der Waals surface area (Å²) < 4.78 is 5.23. The van der Waals surface area contributed by atoms with E-state index in [-0.39, 0.29) is 24.3 Å². The second-order valence-electron chi connectivity index (χ2n) is 6.39. The summed E-state index contributed by atoms with van der Waals surface area (Å²) in [5.74, 6) is -0.274. The number of likely N-dealkylation sites (tertiary alicyclic amines) is 1. The fourth-order valence-corrected chi connectivity index (χ4v) is 3.41. The van der Waals surface area contributed by atoms with Crippen LogP contribution in [0, 0.1) is 0 Å². The van der Waals surface area contributed by atoms with Gasteiger partial charge in [-0.3, -0.25) is 19.3 Å². The molecule has 0 N–H and O–H groups in total. The average Bonchev–Trinajstić information content (AvgIpc) is 3.25. The Morgan fingerprint density at radius 2 is 1.76 bits per heavy atom. The third-order valence-electron chi connectivity index (χ3n) is 4.75. The van der Waals surface area contributed by atoms with E-state index < -0.39 is 0 Å². The van der Waals surface area contributed by atoms with Crippen molar-refractivity contribution in [1.82, 2.24) is 9.80 Å². The molecule has 0 atom stereocenters. The molecule has 128 valence electrons. The number of fused-ring (bicyclic) bond motifs is 1. The van der Waals surface area contributed by atoms with Gasteiger partial charge in [-0.15, -0.1) is 0 Å². The largest absolute Gasteiger partial charge is 0.467 e. The van der Waals surface area contributed by atoms with Crippen molar-refractivity contribution in [3.63, 3.8) is 0 Å². The maximum atomic E-state index is 12.6. The van der Waals surface area contributed by atoms with Crippen molar-refractivity contribution in [1.29, 1.82) is 0 Å². The molecule has 4 rings (SSSR count). The molecule has 1 aromatic carbocycles. The Hall–Kier alpha value is -2.89. The van der Waals surface area contributed by atoms with Crippen LogP contribution in [0.3, 0.4) is 0 Å². The van der Waals surface area contributed by atoms with E-state index in [1.807, 2.05) is 4.90 Å². The Balaban J connectivity index is 1.59. The first-order chi connectivity index (χ1) is 12.1. The zero-order chi connectivity index (χ0) is 17.4. The summed E-state index contributed by atoms with van der Waals surface area (Å²) in [6.45, 7) is 1.58. The molecule has 2 aromatic rings. The van der Waals surface area contributed by atoms with Gasteiger partial charge in [0.05, 0.1) is 23.9 Å². The monoisotopic (exact) mass is 338 g/mol. The van der Waals surface area contributed by atoms with E-state index in [0.717, 1.165) is 37.3 Å². The highest BCUT2D eigenvalue weighted by Crippen LogP contribution is 2.26. The SMILES string of the molecule is O=C(c1ccc2c(c1)C(=O)N(Cc1ccco1)C2=O)N1CCCCC1. The lowest BCUT2D eigenvalue weighted by Gasteiger charge is -2.26. The minimum Gasteiger partial charge on any atom is -0.467 e. The van der Waals surface area contributed by atoms with E-state index in [0.29, 0.717) is 22.5 Å². The maximum absolute atomic E-state index is 12.6. The molecule has 0 unspecified atom stereocenters. The maximum Gasteiger partial charge on any atom is 0.261 e. The topological polar surface area (TPSA) is 70.8 Å². The molecule has 0 spiro atoms. The smallest absolute Gasteiger partial charge is 0.261 e. The molecule has 25 heavy (non-hydrogen) atoms. The van der Waals surface area contributed by atoms with Crippen molar-refractivity contribution in [3.8, 4) is 0 Å². The number of benzene rings is 1. The lowest BCUT2D eigenvalue weighted by molar-refractivity contribution is 0.0631. The van der Waals surface area contributed by atoms with Crippen molar-refractivity contribution in [2.24, 2.45) is 0 Å². The molecule has 0 aliphatic carbocycles. The molecule has 3 heterocycles. The molecule has 1 saturated heterocycles. The molecule has 1 aromatic heterocycles. The van der Waals surface area contributed by atoms with Crippen LogP contribution in [0.5, 0.6) is 0 Å². The summed E-state index contributed by atoms with van der Waals surface area (Å²) in [7, 11) is 0. The third kappa shape index (κ3) is 2.73. The van der Waals surface area contributed by atoms with Gasteiger partial charge in [0.25, 0.3) is 17.7 Å². The number of amides is 3. The van der Waals surface area contributed by atoms with Crippen LogP contribution in [0.1, 0.15) is 56.1 Å². The second-order valence-corrected chi connectivity index (χ2v) is 6.39. The van der Waals surface area contributed by atoms with Crippen molar-refractivity contribution < 1.29 is 18.8 Å². The standard InChI is InChI=1S/C19H18N2O4/c22-17(20-8-2-1-3-9-20)13-6-7-15-16(11-13)19(24)21(18(15)23)12-14-5-4-10-25-14/h4-7,10-11H,1-3,8-9,12H2. The summed E-state index contributed by atoms with van der Waals surface area (Å²) in [5, 5.41) is 0. The molecular formula is C19H18N2O4. The second kappa shape index (κ2) is 6.20. The average molecular weight is 338 g/mol. The number of carbonyl (C=O) groups is 3. The first kappa shape index (κ1) is 15.6. The normalized spacial score (nSPS) is 17.1. The molecule has 2 aliphatic heterocycles. The van der Waals surface area contributed by atoms with Gasteiger partial charge >= 0.3 is 0 Å². The van der Waals surface area contributed by atoms with Gasteiger partial charge in [-0.05, 0) is 49.6 Å². The zero-order valence-electron chi connectivity index (χ0n) is 13.7.